The van der Waals surface area contributed by atoms with Crippen LogP contribution < -0.4 is 5.73 Å². The molecule has 1 fully saturated rings. The fourth-order valence-corrected chi connectivity index (χ4v) is 5.31. The summed E-state index contributed by atoms with van der Waals surface area (Å²) in [5, 5.41) is 0. The second kappa shape index (κ2) is 8.56. The van der Waals surface area contributed by atoms with Crippen molar-refractivity contribution in [2.24, 2.45) is 12.8 Å². The molecule has 2 amide bonds. The zero-order chi connectivity index (χ0) is 21.2. The van der Waals surface area contributed by atoms with Gasteiger partial charge in [0.05, 0.1) is 5.75 Å². The number of primary amides is 1. The Labute approximate surface area is 172 Å². The molecule has 0 saturated carbocycles. The predicted molar refractivity (Wildman–Crippen MR) is 106 cm³/mol. The minimum atomic E-state index is -3.78. The first-order valence-corrected chi connectivity index (χ1v) is 11.2. The van der Waals surface area contributed by atoms with Gasteiger partial charge in [-0.25, -0.2) is 12.8 Å². The number of aryl methyl sites for hydroxylation is 1. The average Bonchev–Trinajstić information content (AvgIpc) is 3.10. The normalized spacial score (nSPS) is 15.4. The molecule has 2 heterocycles. The van der Waals surface area contributed by atoms with E-state index in [9.17, 15) is 22.4 Å². The third-order valence-corrected chi connectivity index (χ3v) is 7.50. The summed E-state index contributed by atoms with van der Waals surface area (Å²) in [7, 11) is -2.23. The Morgan fingerprint density at radius 3 is 2.31 bits per heavy atom. The van der Waals surface area contributed by atoms with E-state index in [1.54, 1.807) is 24.1 Å². The number of piperazine rings is 1. The minimum absolute atomic E-state index is 0.000409. The molecule has 2 N–H and O–H groups in total. The monoisotopic (exact) mass is 440 g/mol. The maximum Gasteiger partial charge on any atom is 0.265 e. The Hall–Kier alpha value is -2.37. The Kier molecular flexibility index (Phi) is 6.30. The van der Waals surface area contributed by atoms with Crippen molar-refractivity contribution in [3.63, 3.8) is 0 Å². The third-order valence-electron chi connectivity index (χ3n) is 4.64. The molecular formula is C18H21FN4O4S2. The van der Waals surface area contributed by atoms with Crippen molar-refractivity contribution >= 4 is 33.6 Å². The van der Waals surface area contributed by atoms with E-state index >= 15 is 0 Å². The van der Waals surface area contributed by atoms with E-state index in [4.69, 9.17) is 5.73 Å². The van der Waals surface area contributed by atoms with Gasteiger partial charge in [-0.05, 0) is 30.3 Å². The molecule has 2 aromatic rings. The van der Waals surface area contributed by atoms with E-state index in [0.717, 1.165) is 4.90 Å². The van der Waals surface area contributed by atoms with Crippen LogP contribution in [0.15, 0.2) is 46.3 Å². The first-order chi connectivity index (χ1) is 13.7. The molecule has 0 aliphatic carbocycles. The summed E-state index contributed by atoms with van der Waals surface area (Å²) in [6.45, 7) is 0.876. The Bertz CT molecular complexity index is 1010. The van der Waals surface area contributed by atoms with Gasteiger partial charge in [-0.2, -0.15) is 4.31 Å². The molecule has 11 heteroatoms. The Morgan fingerprint density at radius 2 is 1.76 bits per heavy atom. The summed E-state index contributed by atoms with van der Waals surface area (Å²) in [5.74, 6) is -0.950. The van der Waals surface area contributed by atoms with Gasteiger partial charge in [0.25, 0.3) is 5.91 Å². The van der Waals surface area contributed by atoms with Gasteiger partial charge in [-0.15, -0.1) is 11.8 Å². The number of rotatable bonds is 6. The van der Waals surface area contributed by atoms with Gasteiger partial charge < -0.3 is 15.2 Å². The number of nitrogens with two attached hydrogens (primary N) is 1. The highest BCUT2D eigenvalue weighted by molar-refractivity contribution is 8.00. The number of thioether (sulfide) groups is 1. The van der Waals surface area contributed by atoms with Gasteiger partial charge in [-0.3, -0.25) is 9.59 Å². The lowest BCUT2D eigenvalue weighted by Crippen LogP contribution is -2.50. The number of halogens is 1. The van der Waals surface area contributed by atoms with E-state index in [1.165, 1.54) is 45.0 Å². The molecule has 0 bridgehead atoms. The van der Waals surface area contributed by atoms with Gasteiger partial charge in [0.1, 0.15) is 16.4 Å². The number of hydrogen-bond donors (Lipinski definition) is 1. The summed E-state index contributed by atoms with van der Waals surface area (Å²) in [4.78, 5) is 26.2. The summed E-state index contributed by atoms with van der Waals surface area (Å²) in [6.07, 6.45) is 1.35. The van der Waals surface area contributed by atoms with E-state index in [2.05, 4.69) is 0 Å². The average molecular weight is 441 g/mol. The van der Waals surface area contributed by atoms with Crippen molar-refractivity contribution < 1.29 is 22.4 Å². The van der Waals surface area contributed by atoms with Crippen molar-refractivity contribution in [1.82, 2.24) is 13.8 Å². The highest BCUT2D eigenvalue weighted by Gasteiger charge is 2.31. The number of hydrogen-bond acceptors (Lipinski definition) is 5. The van der Waals surface area contributed by atoms with Gasteiger partial charge >= 0.3 is 0 Å². The summed E-state index contributed by atoms with van der Waals surface area (Å²) >= 11 is 1.30. The van der Waals surface area contributed by atoms with Crippen LogP contribution in [0.4, 0.5) is 4.39 Å². The highest BCUT2D eigenvalue weighted by Crippen LogP contribution is 2.22. The SMILES string of the molecule is Cn1cc(S(=O)(=O)N2CCN(C(=O)CSc3ccc(F)cc3)CC2)cc1C(N)=O. The van der Waals surface area contributed by atoms with Crippen LogP contribution in [-0.4, -0.2) is 65.9 Å². The van der Waals surface area contributed by atoms with Crippen molar-refractivity contribution in [2.45, 2.75) is 9.79 Å². The first kappa shape index (κ1) is 21.3. The lowest BCUT2D eigenvalue weighted by Gasteiger charge is -2.33. The maximum absolute atomic E-state index is 12.9. The number of carbonyl (C=O) groups excluding carboxylic acids is 2. The molecule has 1 aliphatic rings. The lowest BCUT2D eigenvalue weighted by molar-refractivity contribution is -0.129. The predicted octanol–water partition coefficient (Wildman–Crippen LogP) is 0.888. The molecule has 1 aromatic carbocycles. The fraction of sp³-hybridized carbons (Fsp3) is 0.333. The van der Waals surface area contributed by atoms with Crippen LogP contribution in [0.5, 0.6) is 0 Å². The molecule has 1 aromatic heterocycles. The largest absolute Gasteiger partial charge is 0.364 e. The second-order valence-electron chi connectivity index (χ2n) is 6.56. The van der Waals surface area contributed by atoms with Crippen LogP contribution in [0.1, 0.15) is 10.5 Å². The van der Waals surface area contributed by atoms with Gasteiger partial charge in [-0.1, -0.05) is 0 Å². The minimum Gasteiger partial charge on any atom is -0.364 e. The number of sulfonamides is 1. The van der Waals surface area contributed by atoms with Crippen LogP contribution >= 0.6 is 11.8 Å². The van der Waals surface area contributed by atoms with E-state index in [1.807, 2.05) is 0 Å². The molecule has 0 radical (unpaired) electrons. The van der Waals surface area contributed by atoms with Crippen molar-refractivity contribution in [2.75, 3.05) is 31.9 Å². The lowest BCUT2D eigenvalue weighted by atomic mass is 10.3. The smallest absolute Gasteiger partial charge is 0.265 e. The van der Waals surface area contributed by atoms with Gasteiger partial charge in [0, 0.05) is 44.3 Å². The zero-order valence-corrected chi connectivity index (χ0v) is 17.4. The van der Waals surface area contributed by atoms with E-state index < -0.39 is 15.9 Å². The van der Waals surface area contributed by atoms with Crippen LogP contribution in [0, 0.1) is 5.82 Å². The molecule has 3 rings (SSSR count). The fourth-order valence-electron chi connectivity index (χ4n) is 3.01. The first-order valence-electron chi connectivity index (χ1n) is 8.81. The number of benzene rings is 1. The molecule has 1 saturated heterocycles. The van der Waals surface area contributed by atoms with E-state index in [0.29, 0.717) is 0 Å². The molecule has 156 valence electrons. The Balaban J connectivity index is 1.57. The molecular weight excluding hydrogens is 419 g/mol. The van der Waals surface area contributed by atoms with Gasteiger partial charge in [0.15, 0.2) is 0 Å². The summed E-state index contributed by atoms with van der Waals surface area (Å²) < 4.78 is 41.2. The Morgan fingerprint density at radius 1 is 1.14 bits per heavy atom. The van der Waals surface area contributed by atoms with Crippen molar-refractivity contribution in [3.05, 3.63) is 48.0 Å². The molecule has 0 atom stereocenters. The highest BCUT2D eigenvalue weighted by atomic mass is 32.2. The molecule has 29 heavy (non-hydrogen) atoms. The summed E-state index contributed by atoms with van der Waals surface area (Å²) in [6, 6.07) is 7.15. The number of aromatic nitrogens is 1. The topological polar surface area (TPSA) is 106 Å². The quantitative estimate of drug-likeness (QED) is 0.672. The second-order valence-corrected chi connectivity index (χ2v) is 9.55. The summed E-state index contributed by atoms with van der Waals surface area (Å²) in [5.41, 5.74) is 5.35. The van der Waals surface area contributed by atoms with Crippen molar-refractivity contribution in [1.29, 1.82) is 0 Å². The number of carbonyl (C=O) groups is 2. The molecule has 0 unspecified atom stereocenters. The van der Waals surface area contributed by atoms with Crippen LogP contribution in [-0.2, 0) is 21.9 Å². The number of nitrogens with zero attached hydrogens (tertiary/aromatic N) is 3. The number of amides is 2. The zero-order valence-electron chi connectivity index (χ0n) is 15.7. The maximum atomic E-state index is 12.9. The van der Waals surface area contributed by atoms with Crippen LogP contribution in [0.3, 0.4) is 0 Å². The standard InChI is InChI=1S/C18H21FN4O4S2/c1-21-11-15(10-16(21)18(20)25)29(26,27)23-8-6-22(7-9-23)17(24)12-28-14-4-2-13(19)3-5-14/h2-5,10-11H,6-9,12H2,1H3,(H2,20,25). The van der Waals surface area contributed by atoms with Gasteiger partial charge in [0.2, 0.25) is 15.9 Å². The van der Waals surface area contributed by atoms with Crippen LogP contribution in [0.2, 0.25) is 0 Å². The molecule has 8 nitrogen and oxygen atoms in total. The molecule has 0 spiro atoms. The van der Waals surface area contributed by atoms with Crippen molar-refractivity contribution in [3.8, 4) is 0 Å². The van der Waals surface area contributed by atoms with E-state index in [-0.39, 0.29) is 54.2 Å². The third kappa shape index (κ3) is 4.80. The molecule has 1 aliphatic heterocycles. The van der Waals surface area contributed by atoms with Crippen LogP contribution in [0.25, 0.3) is 0 Å².